The summed E-state index contributed by atoms with van der Waals surface area (Å²) >= 11 is 0. The number of carbonyl (C=O) groups is 2. The number of methoxy groups -OCH3 is 2. The van der Waals surface area contributed by atoms with Crippen LogP contribution in [0.25, 0.3) is 0 Å². The molecule has 2 aliphatic carbocycles. The summed E-state index contributed by atoms with van der Waals surface area (Å²) in [5, 5.41) is 0. The first-order valence-electron chi connectivity index (χ1n) is 20.1. The third-order valence-corrected chi connectivity index (χ3v) is 12.7. The molecule has 290 valence electrons. The minimum atomic E-state index is -0.299. The molecular weight excluding hydrogens is 684 g/mol. The van der Waals surface area contributed by atoms with Crippen LogP contribution in [0.15, 0.2) is 48.6 Å². The lowest BCUT2D eigenvalue weighted by atomic mass is 9.70. The molecule has 0 aromatic heterocycles. The van der Waals surface area contributed by atoms with Gasteiger partial charge in [-0.3, -0.25) is 9.59 Å². The highest BCUT2D eigenvalue weighted by Crippen LogP contribution is 2.56. The second-order valence-electron chi connectivity index (χ2n) is 16.4. The molecule has 6 atom stereocenters. The van der Waals surface area contributed by atoms with Crippen LogP contribution in [-0.4, -0.2) is 101 Å². The zero-order chi connectivity index (χ0) is 37.5. The third kappa shape index (κ3) is 6.78. The molecule has 10 nitrogen and oxygen atoms in total. The molecule has 0 bridgehead atoms. The molecule has 0 amide bonds. The number of unbranched alkanes of at least 4 members (excludes halogenated alkanes) is 5. The Morgan fingerprint density at radius 2 is 1.09 bits per heavy atom. The predicted molar refractivity (Wildman–Crippen MR) is 205 cm³/mol. The zero-order valence-electron chi connectivity index (χ0n) is 32.4. The average Bonchev–Trinajstić information content (AvgIpc) is 3.55. The van der Waals surface area contributed by atoms with E-state index in [0.717, 1.165) is 101 Å². The van der Waals surface area contributed by atoms with Crippen molar-refractivity contribution in [2.75, 3.05) is 54.5 Å². The molecule has 2 spiro atoms. The Kier molecular flexibility index (Phi) is 10.4. The van der Waals surface area contributed by atoms with E-state index >= 15 is 0 Å². The zero-order valence-corrected chi connectivity index (χ0v) is 32.4. The highest BCUT2D eigenvalue weighted by Gasteiger charge is 2.55. The Labute approximate surface area is 319 Å². The SMILES string of the molecule is COc1ccc2c3c1O[C@H]1C[C@@H](OC(=O)CCCCCCCCC(=O)O[C@H]4C=C[C@@]56CN(C)CCc7ccc(OC)c(c75)O[C@H]6C4)C=C[C@@]31CN(C)CC2. The summed E-state index contributed by atoms with van der Waals surface area (Å²) in [6, 6.07) is 8.37. The van der Waals surface area contributed by atoms with Gasteiger partial charge in [-0.1, -0.05) is 50.0 Å². The summed E-state index contributed by atoms with van der Waals surface area (Å²) in [5.41, 5.74) is 4.59. The van der Waals surface area contributed by atoms with Crippen LogP contribution in [0.4, 0.5) is 0 Å². The summed E-state index contributed by atoms with van der Waals surface area (Å²) in [7, 11) is 7.70. The van der Waals surface area contributed by atoms with Crippen molar-refractivity contribution < 1.29 is 38.0 Å². The average molecular weight is 741 g/mol. The maximum absolute atomic E-state index is 12.9. The number of rotatable bonds is 13. The van der Waals surface area contributed by atoms with Crippen LogP contribution < -0.4 is 18.9 Å². The highest BCUT2D eigenvalue weighted by molar-refractivity contribution is 5.70. The number of benzene rings is 2. The van der Waals surface area contributed by atoms with Gasteiger partial charge < -0.3 is 38.2 Å². The lowest BCUT2D eigenvalue weighted by Crippen LogP contribution is -2.48. The summed E-state index contributed by atoms with van der Waals surface area (Å²) in [4.78, 5) is 30.4. The van der Waals surface area contributed by atoms with E-state index in [9.17, 15) is 9.59 Å². The van der Waals surface area contributed by atoms with Gasteiger partial charge in [0.15, 0.2) is 23.0 Å². The van der Waals surface area contributed by atoms with E-state index in [1.54, 1.807) is 14.2 Å². The molecule has 2 aromatic rings. The topological polar surface area (TPSA) is 96.0 Å². The Balaban J connectivity index is 0.739. The van der Waals surface area contributed by atoms with Crippen molar-refractivity contribution in [1.29, 1.82) is 0 Å². The van der Waals surface area contributed by atoms with Crippen molar-refractivity contribution in [3.05, 3.63) is 70.8 Å². The second-order valence-corrected chi connectivity index (χ2v) is 16.4. The van der Waals surface area contributed by atoms with Gasteiger partial charge in [-0.15, -0.1) is 0 Å². The number of esters is 2. The standard InChI is InChI=1S/C44H56N2O8/c1-45-23-19-29-13-15-33(49-3)41-39(29)43(27-45)21-17-31(25-35(43)53-41)51-37(47)11-9-7-5-6-8-10-12-38(48)52-32-18-22-44-28-46(2)24-20-30-14-16-34(50-4)42(40(30)44)54-36(44)26-32/h13-18,21-22,31-32,35-36H,5-12,19-20,23-28H2,1-4H3/t31-,32-,35-,36-,43-,44-/m0/s1. The van der Waals surface area contributed by atoms with E-state index < -0.39 is 0 Å². The Morgan fingerprint density at radius 1 is 0.667 bits per heavy atom. The Morgan fingerprint density at radius 3 is 1.52 bits per heavy atom. The van der Waals surface area contributed by atoms with Crippen molar-refractivity contribution >= 4 is 11.9 Å². The van der Waals surface area contributed by atoms with Crippen LogP contribution >= 0.6 is 0 Å². The molecule has 0 unspecified atom stereocenters. The van der Waals surface area contributed by atoms with E-state index in [1.807, 2.05) is 12.1 Å². The molecule has 8 rings (SSSR count). The molecule has 10 heteroatoms. The number of carbonyl (C=O) groups excluding carboxylic acids is 2. The van der Waals surface area contributed by atoms with E-state index in [1.165, 1.54) is 22.3 Å². The summed E-state index contributed by atoms with van der Waals surface area (Å²) in [6.45, 7) is 3.71. The largest absolute Gasteiger partial charge is 0.493 e. The maximum Gasteiger partial charge on any atom is 0.306 e. The number of nitrogens with zero attached hydrogens (tertiary/aromatic N) is 2. The van der Waals surface area contributed by atoms with Gasteiger partial charge in [0.1, 0.15) is 24.4 Å². The van der Waals surface area contributed by atoms with Crippen molar-refractivity contribution in [3.63, 3.8) is 0 Å². The predicted octanol–water partition coefficient (Wildman–Crippen LogP) is 6.24. The molecule has 0 fully saturated rings. The molecule has 0 saturated carbocycles. The lowest BCUT2D eigenvalue weighted by molar-refractivity contribution is -0.149. The monoisotopic (exact) mass is 740 g/mol. The van der Waals surface area contributed by atoms with Crippen molar-refractivity contribution in [3.8, 4) is 23.0 Å². The first-order chi connectivity index (χ1) is 26.2. The molecule has 0 N–H and O–H groups in total. The molecular formula is C44H56N2O8. The van der Waals surface area contributed by atoms with Gasteiger partial charge in [0.2, 0.25) is 0 Å². The van der Waals surface area contributed by atoms with Crippen LogP contribution in [0.2, 0.25) is 0 Å². The van der Waals surface area contributed by atoms with E-state index in [2.05, 4.69) is 60.3 Å². The van der Waals surface area contributed by atoms with Gasteiger partial charge in [-0.25, -0.2) is 0 Å². The van der Waals surface area contributed by atoms with Crippen LogP contribution in [0.1, 0.15) is 86.5 Å². The van der Waals surface area contributed by atoms with Gasteiger partial charge in [-0.2, -0.15) is 0 Å². The fourth-order valence-electron chi connectivity index (χ4n) is 10.1. The normalized spacial score (nSPS) is 29.0. The van der Waals surface area contributed by atoms with Gasteiger partial charge in [0.05, 0.1) is 25.0 Å². The Hall–Kier alpha value is -4.02. The van der Waals surface area contributed by atoms with E-state index in [0.29, 0.717) is 25.7 Å². The number of ether oxygens (including phenoxy) is 6. The smallest absolute Gasteiger partial charge is 0.306 e. The molecule has 54 heavy (non-hydrogen) atoms. The first kappa shape index (κ1) is 36.9. The fraction of sp³-hybridized carbons (Fsp3) is 0.591. The molecule has 4 heterocycles. The van der Waals surface area contributed by atoms with E-state index in [-0.39, 0.29) is 47.2 Å². The van der Waals surface area contributed by atoms with Crippen molar-refractivity contribution in [2.24, 2.45) is 0 Å². The molecule has 0 saturated heterocycles. The highest BCUT2D eigenvalue weighted by atomic mass is 16.6. The first-order valence-corrected chi connectivity index (χ1v) is 20.1. The van der Waals surface area contributed by atoms with Crippen LogP contribution in [0, 0.1) is 0 Å². The minimum absolute atomic E-state index is 0.106. The molecule has 2 aromatic carbocycles. The quantitative estimate of drug-likeness (QED) is 0.134. The Bertz CT molecular complexity index is 1680. The summed E-state index contributed by atoms with van der Waals surface area (Å²) in [5.74, 6) is 2.91. The van der Waals surface area contributed by atoms with Gasteiger partial charge in [0.25, 0.3) is 0 Å². The van der Waals surface area contributed by atoms with Gasteiger partial charge in [-0.05, 0) is 75.2 Å². The number of hydrogen-bond acceptors (Lipinski definition) is 10. The van der Waals surface area contributed by atoms with Crippen LogP contribution in [0.5, 0.6) is 23.0 Å². The van der Waals surface area contributed by atoms with Gasteiger partial charge >= 0.3 is 11.9 Å². The molecule has 4 aliphatic heterocycles. The maximum atomic E-state index is 12.9. The molecule has 0 radical (unpaired) electrons. The number of hydrogen-bond donors (Lipinski definition) is 0. The third-order valence-electron chi connectivity index (χ3n) is 12.7. The number of likely N-dealkylation sites (N-methyl/N-ethyl adjacent to an activating group) is 2. The summed E-state index contributed by atoms with van der Waals surface area (Å²) in [6.07, 6.45) is 17.4. The van der Waals surface area contributed by atoms with Crippen LogP contribution in [0.3, 0.4) is 0 Å². The van der Waals surface area contributed by atoms with Gasteiger partial charge in [0, 0.05) is 63.0 Å². The lowest BCUT2D eigenvalue weighted by Gasteiger charge is -2.38. The van der Waals surface area contributed by atoms with Crippen molar-refractivity contribution in [2.45, 2.75) is 112 Å². The molecule has 6 aliphatic rings. The second kappa shape index (κ2) is 15.3. The fourth-order valence-corrected chi connectivity index (χ4v) is 10.1. The van der Waals surface area contributed by atoms with Crippen LogP contribution in [-0.2, 0) is 42.7 Å². The van der Waals surface area contributed by atoms with Crippen molar-refractivity contribution in [1.82, 2.24) is 9.80 Å². The van der Waals surface area contributed by atoms with E-state index in [4.69, 9.17) is 28.4 Å². The minimum Gasteiger partial charge on any atom is -0.493 e. The summed E-state index contributed by atoms with van der Waals surface area (Å²) < 4.78 is 36.4.